The van der Waals surface area contributed by atoms with Crippen LogP contribution in [0.5, 0.6) is 11.5 Å². The number of benzene rings is 4. The van der Waals surface area contributed by atoms with Crippen molar-refractivity contribution in [2.75, 3.05) is 7.11 Å². The normalized spacial score (nSPS) is 10.8. The molecule has 0 spiro atoms. The Bertz CT molecular complexity index is 1710. The van der Waals surface area contributed by atoms with E-state index in [2.05, 4.69) is 70.1 Å². The number of rotatable bonds is 6. The third kappa shape index (κ3) is 5.00. The van der Waals surface area contributed by atoms with Crippen LogP contribution in [-0.4, -0.2) is 12.2 Å². The highest BCUT2D eigenvalue weighted by atomic mass is 16.5. The first kappa shape index (κ1) is 24.1. The van der Waals surface area contributed by atoms with Crippen molar-refractivity contribution in [3.8, 4) is 56.3 Å². The van der Waals surface area contributed by atoms with Crippen LogP contribution in [0, 0.1) is 0 Å². The fourth-order valence-electron chi connectivity index (χ4n) is 4.82. The molecule has 0 atom stereocenters. The van der Waals surface area contributed by atoms with Crippen molar-refractivity contribution in [2.24, 2.45) is 0 Å². The third-order valence-corrected chi connectivity index (χ3v) is 6.92. The van der Waals surface area contributed by atoms with Gasteiger partial charge in [0, 0.05) is 59.7 Å². The number of phenols is 1. The molecule has 0 saturated heterocycles. The first-order valence-corrected chi connectivity index (χ1v) is 12.9. The molecule has 1 N–H and O–H groups in total. The van der Waals surface area contributed by atoms with E-state index in [1.807, 2.05) is 79.1 Å². The number of nitrogens with zero attached hydrogens (tertiary/aromatic N) is 2. The molecule has 4 aromatic carbocycles. The van der Waals surface area contributed by atoms with Gasteiger partial charge >= 0.3 is 0 Å². The molecular weight excluding hydrogens is 480 g/mol. The zero-order valence-electron chi connectivity index (χ0n) is 21.6. The van der Waals surface area contributed by atoms with E-state index in [0.29, 0.717) is 0 Å². The highest BCUT2D eigenvalue weighted by molar-refractivity contribution is 5.73. The summed E-state index contributed by atoms with van der Waals surface area (Å²) in [7, 11) is 1.71. The summed E-state index contributed by atoms with van der Waals surface area (Å²) in [5.41, 5.74) is 8.28. The highest BCUT2D eigenvalue weighted by Gasteiger charge is 2.15. The van der Waals surface area contributed by atoms with Gasteiger partial charge in [0.2, 0.25) is 11.4 Å². The Labute approximate surface area is 228 Å². The van der Waals surface area contributed by atoms with E-state index in [0.717, 1.165) is 50.5 Å². The Morgan fingerprint density at radius 1 is 0.487 bits per heavy atom. The molecule has 0 aliphatic carbocycles. The second-order valence-electron chi connectivity index (χ2n) is 9.31. The van der Waals surface area contributed by atoms with Gasteiger partial charge in [-0.25, -0.2) is 0 Å². The van der Waals surface area contributed by atoms with Crippen molar-refractivity contribution in [1.29, 1.82) is 0 Å². The molecule has 2 aromatic heterocycles. The summed E-state index contributed by atoms with van der Waals surface area (Å²) >= 11 is 0. The van der Waals surface area contributed by atoms with Crippen LogP contribution >= 0.6 is 0 Å². The lowest BCUT2D eigenvalue weighted by Crippen LogP contribution is -2.29. The largest absolute Gasteiger partial charge is 0.507 e. The van der Waals surface area contributed by atoms with Gasteiger partial charge in [-0.3, -0.25) is 0 Å². The van der Waals surface area contributed by atoms with Crippen LogP contribution < -0.4 is 13.9 Å². The predicted molar refractivity (Wildman–Crippen MR) is 154 cm³/mol. The van der Waals surface area contributed by atoms with E-state index in [1.54, 1.807) is 13.2 Å². The van der Waals surface area contributed by atoms with E-state index in [9.17, 15) is 5.11 Å². The third-order valence-electron chi connectivity index (χ3n) is 6.92. The Morgan fingerprint density at radius 3 is 1.46 bits per heavy atom. The Hall–Kier alpha value is -5.22. The van der Waals surface area contributed by atoms with Gasteiger partial charge in [0.1, 0.15) is 11.5 Å². The van der Waals surface area contributed by atoms with Crippen LogP contribution in [0.4, 0.5) is 0 Å². The zero-order chi connectivity index (χ0) is 26.6. The molecule has 188 valence electrons. The molecule has 0 radical (unpaired) electrons. The predicted octanol–water partition coefficient (Wildman–Crippen LogP) is 6.96. The van der Waals surface area contributed by atoms with Crippen LogP contribution in [0.15, 0.2) is 146 Å². The molecule has 0 fully saturated rings. The summed E-state index contributed by atoms with van der Waals surface area (Å²) in [6, 6.07) is 40.6. The van der Waals surface area contributed by atoms with E-state index in [4.69, 9.17) is 4.74 Å². The van der Waals surface area contributed by atoms with E-state index >= 15 is 0 Å². The summed E-state index contributed by atoms with van der Waals surface area (Å²) < 4.78 is 9.79. The average Bonchev–Trinajstić information content (AvgIpc) is 3.02. The van der Waals surface area contributed by atoms with Gasteiger partial charge in [-0.1, -0.05) is 60.7 Å². The molecule has 39 heavy (non-hydrogen) atoms. The van der Waals surface area contributed by atoms with E-state index < -0.39 is 0 Å². The maximum Gasteiger partial charge on any atom is 0.211 e. The number of hydrogen-bond donors (Lipinski definition) is 1. The summed E-state index contributed by atoms with van der Waals surface area (Å²) in [4.78, 5) is 0. The first-order chi connectivity index (χ1) is 19.2. The van der Waals surface area contributed by atoms with Gasteiger partial charge in [-0.2, -0.15) is 9.13 Å². The highest BCUT2D eigenvalue weighted by Crippen LogP contribution is 2.31. The van der Waals surface area contributed by atoms with Crippen molar-refractivity contribution in [3.05, 3.63) is 146 Å². The molecule has 0 aliphatic heterocycles. The van der Waals surface area contributed by atoms with Crippen LogP contribution in [0.2, 0.25) is 0 Å². The lowest BCUT2D eigenvalue weighted by molar-refractivity contribution is -0.596. The van der Waals surface area contributed by atoms with Crippen molar-refractivity contribution < 1.29 is 19.0 Å². The summed E-state index contributed by atoms with van der Waals surface area (Å²) in [5, 5.41) is 10.4. The summed E-state index contributed by atoms with van der Waals surface area (Å²) in [5.74, 6) is 1.12. The van der Waals surface area contributed by atoms with E-state index in [1.165, 1.54) is 0 Å². The zero-order valence-corrected chi connectivity index (χ0v) is 21.6. The fraction of sp³-hybridized carbons (Fsp3) is 0.0286. The quantitative estimate of drug-likeness (QED) is 0.247. The van der Waals surface area contributed by atoms with Gasteiger partial charge in [0.15, 0.2) is 24.8 Å². The lowest BCUT2D eigenvalue weighted by Gasteiger charge is -2.09. The topological polar surface area (TPSA) is 37.2 Å². The molecule has 6 rings (SSSR count). The molecule has 0 bridgehead atoms. The average molecular weight is 509 g/mol. The standard InChI is InChI=1S/C35H27N2O2/c1-39-35-15-13-31(25-33(35)29-10-6-3-7-11-29)37-22-18-27(19-23-37)26-16-20-36(21-17-26)30-12-14-34(38)32(24-30)28-8-4-2-5-9-28/h2-25H,1H3/q+1/p+1. The van der Waals surface area contributed by atoms with Crippen molar-refractivity contribution in [1.82, 2.24) is 0 Å². The monoisotopic (exact) mass is 508 g/mol. The molecule has 0 amide bonds. The number of ether oxygens (including phenoxy) is 1. The van der Waals surface area contributed by atoms with Gasteiger partial charge in [-0.05, 0) is 34.4 Å². The van der Waals surface area contributed by atoms with Crippen LogP contribution in [-0.2, 0) is 0 Å². The number of phenolic OH excluding ortho intramolecular Hbond substituents is 1. The number of methoxy groups -OCH3 is 1. The SMILES string of the molecule is COc1ccc(-[n+]2ccc(-c3cc[n+](-c4ccc(O)c(-c5ccccc5)c4)cc3)cc2)cc1-c1ccccc1. The smallest absolute Gasteiger partial charge is 0.211 e. The van der Waals surface area contributed by atoms with Crippen molar-refractivity contribution >= 4 is 0 Å². The molecule has 0 aliphatic rings. The molecule has 4 nitrogen and oxygen atoms in total. The van der Waals surface area contributed by atoms with Crippen molar-refractivity contribution in [3.63, 3.8) is 0 Å². The van der Waals surface area contributed by atoms with Gasteiger partial charge in [0.25, 0.3) is 0 Å². The minimum atomic E-state index is 0.271. The number of pyridine rings is 2. The van der Waals surface area contributed by atoms with Gasteiger partial charge in [-0.15, -0.1) is 0 Å². The van der Waals surface area contributed by atoms with Crippen LogP contribution in [0.1, 0.15) is 0 Å². The molecule has 4 heteroatoms. The summed E-state index contributed by atoms with van der Waals surface area (Å²) in [6.07, 6.45) is 8.26. The number of aromatic hydroxyl groups is 1. The second kappa shape index (κ2) is 10.6. The van der Waals surface area contributed by atoms with Gasteiger partial charge < -0.3 is 9.84 Å². The minimum Gasteiger partial charge on any atom is -0.507 e. The molecule has 0 unspecified atom stereocenters. The second-order valence-corrected chi connectivity index (χ2v) is 9.31. The number of hydrogen-bond acceptors (Lipinski definition) is 2. The van der Waals surface area contributed by atoms with E-state index in [-0.39, 0.29) is 5.75 Å². The molecule has 6 aromatic rings. The fourth-order valence-corrected chi connectivity index (χ4v) is 4.82. The Balaban J connectivity index is 1.25. The molecular formula is C35H28N2O2+2. The van der Waals surface area contributed by atoms with Crippen LogP contribution in [0.3, 0.4) is 0 Å². The minimum absolute atomic E-state index is 0.271. The maximum absolute atomic E-state index is 10.4. The van der Waals surface area contributed by atoms with Crippen LogP contribution in [0.25, 0.3) is 44.8 Å². The molecule has 0 saturated carbocycles. The lowest BCUT2D eigenvalue weighted by atomic mass is 10.0. The Morgan fingerprint density at radius 2 is 0.949 bits per heavy atom. The summed E-state index contributed by atoms with van der Waals surface area (Å²) in [6.45, 7) is 0. The maximum atomic E-state index is 10.4. The van der Waals surface area contributed by atoms with Gasteiger partial charge in [0.05, 0.1) is 7.11 Å². The van der Waals surface area contributed by atoms with Crippen molar-refractivity contribution in [2.45, 2.75) is 0 Å². The molecule has 2 heterocycles. The number of aromatic nitrogens is 2. The Kier molecular flexibility index (Phi) is 6.59. The first-order valence-electron chi connectivity index (χ1n) is 12.9.